The van der Waals surface area contributed by atoms with E-state index in [0.29, 0.717) is 37.6 Å². The van der Waals surface area contributed by atoms with Gasteiger partial charge in [0.1, 0.15) is 11.5 Å². The number of esters is 2. The third-order valence-corrected chi connectivity index (χ3v) is 9.54. The van der Waals surface area contributed by atoms with Crippen LogP contribution in [0.1, 0.15) is 87.8 Å². The number of halogens is 6. The normalized spacial score (nSPS) is 12.9. The zero-order valence-electron chi connectivity index (χ0n) is 36.0. The van der Waals surface area contributed by atoms with Crippen molar-refractivity contribution in [3.05, 3.63) is 118 Å². The van der Waals surface area contributed by atoms with E-state index < -0.39 is 47.6 Å². The number of carbonyl (C=O) groups excluding carboxylic acids is 2. The van der Waals surface area contributed by atoms with Crippen LogP contribution in [-0.4, -0.2) is 62.8 Å². The topological polar surface area (TPSA) is 89.5 Å². The van der Waals surface area contributed by atoms with Gasteiger partial charge in [-0.25, -0.2) is 9.59 Å². The van der Waals surface area contributed by atoms with Crippen molar-refractivity contribution in [2.24, 2.45) is 0 Å². The van der Waals surface area contributed by atoms with Crippen LogP contribution in [0.25, 0.3) is 11.1 Å². The number of rotatable bonds is 23. The van der Waals surface area contributed by atoms with E-state index in [1.807, 2.05) is 0 Å². The molecule has 0 saturated carbocycles. The van der Waals surface area contributed by atoms with Crippen LogP contribution in [0.2, 0.25) is 0 Å². The molecule has 0 aliphatic carbocycles. The maximum absolute atomic E-state index is 14.3. The fraction of sp³-hybridized carbons (Fsp3) is 0.458. The summed E-state index contributed by atoms with van der Waals surface area (Å²) in [6, 6.07) is 21.1. The second kappa shape index (κ2) is 23.4. The summed E-state index contributed by atoms with van der Waals surface area (Å²) in [6.07, 6.45) is -10.5. The van der Waals surface area contributed by atoms with Crippen molar-refractivity contribution in [1.29, 1.82) is 0 Å². The smallest absolute Gasteiger partial charge is 0.416 e. The molecule has 2 unspecified atom stereocenters. The Morgan fingerprint density at radius 3 is 1.19 bits per heavy atom. The molecular weight excluding hydrogens is 819 g/mol. The van der Waals surface area contributed by atoms with Gasteiger partial charge in [-0.1, -0.05) is 48.5 Å². The molecule has 338 valence electrons. The summed E-state index contributed by atoms with van der Waals surface area (Å²) in [4.78, 5) is 24.8. The van der Waals surface area contributed by atoms with E-state index in [4.69, 9.17) is 28.4 Å². The Bertz CT molecular complexity index is 1870. The van der Waals surface area contributed by atoms with Crippen molar-refractivity contribution in [1.82, 2.24) is 0 Å². The molecule has 0 saturated heterocycles. The molecule has 4 aromatic rings. The zero-order chi connectivity index (χ0) is 45.5. The van der Waals surface area contributed by atoms with Gasteiger partial charge in [-0.05, 0) is 137 Å². The van der Waals surface area contributed by atoms with Crippen molar-refractivity contribution >= 4 is 11.9 Å². The fourth-order valence-electron chi connectivity index (χ4n) is 6.69. The van der Waals surface area contributed by atoms with Crippen LogP contribution in [0, 0.1) is 0 Å². The Kier molecular flexibility index (Phi) is 18.7. The second-order valence-electron chi connectivity index (χ2n) is 15.2. The standard InChI is InChI=1S/C48H56F6O8/c1-7-57-43(45(55)61-31(3)4)27-33-13-21-39(22-14-33)59-25-9-11-35-17-19-37(29-41(35)47(49,50)51)38-20-18-36(42(30-38)48(52,53)54)12-10-26-60-40-23-15-34(16-24-40)28-44(58-8-2)46(56)62-32(5)6/h13-24,29-32,43-44H,7-12,25-28H2,1-6H3. The van der Waals surface area contributed by atoms with E-state index in [-0.39, 0.29) is 73.4 Å². The SMILES string of the molecule is CCOC(Cc1ccc(OCCCc2ccc(-c3ccc(CCCOc4ccc(CC(OCC)C(=O)OC(C)C)cc4)c(C(F)(F)F)c3)cc2C(F)(F)F)cc1)C(=O)OC(C)C. The van der Waals surface area contributed by atoms with Crippen LogP contribution in [-0.2, 0) is 66.6 Å². The molecule has 0 aromatic heterocycles. The van der Waals surface area contributed by atoms with Crippen molar-refractivity contribution in [3.63, 3.8) is 0 Å². The quantitative estimate of drug-likeness (QED) is 0.0414. The summed E-state index contributed by atoms with van der Waals surface area (Å²) >= 11 is 0. The fourth-order valence-corrected chi connectivity index (χ4v) is 6.69. The lowest BCUT2D eigenvalue weighted by molar-refractivity contribution is -0.161. The highest BCUT2D eigenvalue weighted by atomic mass is 19.4. The largest absolute Gasteiger partial charge is 0.494 e. The first-order valence-electron chi connectivity index (χ1n) is 20.9. The Morgan fingerprint density at radius 1 is 0.532 bits per heavy atom. The van der Waals surface area contributed by atoms with Crippen LogP contribution in [0.4, 0.5) is 26.3 Å². The molecular formula is C48H56F6O8. The van der Waals surface area contributed by atoms with Gasteiger partial charge in [0.25, 0.3) is 0 Å². The Balaban J connectivity index is 1.34. The van der Waals surface area contributed by atoms with Crippen molar-refractivity contribution < 1.29 is 64.4 Å². The summed E-state index contributed by atoms with van der Waals surface area (Å²) in [7, 11) is 0. The predicted octanol–water partition coefficient (Wildman–Crippen LogP) is 11.2. The maximum atomic E-state index is 14.3. The first-order chi connectivity index (χ1) is 29.4. The number of benzene rings is 4. The van der Waals surface area contributed by atoms with E-state index in [0.717, 1.165) is 23.3 Å². The summed E-state index contributed by atoms with van der Waals surface area (Å²) in [5.41, 5.74) is -0.216. The molecule has 4 rings (SSSR count). The molecule has 8 nitrogen and oxygen atoms in total. The summed E-state index contributed by atoms with van der Waals surface area (Å²) in [5, 5.41) is 0. The molecule has 0 aliphatic rings. The number of ether oxygens (including phenoxy) is 6. The highest BCUT2D eigenvalue weighted by Gasteiger charge is 2.35. The van der Waals surface area contributed by atoms with Gasteiger partial charge in [-0.2, -0.15) is 26.3 Å². The minimum absolute atomic E-state index is 0.00111. The average Bonchev–Trinajstić information content (AvgIpc) is 3.20. The lowest BCUT2D eigenvalue weighted by Gasteiger charge is -2.18. The summed E-state index contributed by atoms with van der Waals surface area (Å²) in [6.45, 7) is 11.5. The van der Waals surface area contributed by atoms with Crippen LogP contribution in [0.15, 0.2) is 84.9 Å². The Hall–Kier alpha value is -5.08. The van der Waals surface area contributed by atoms with E-state index in [1.165, 1.54) is 24.3 Å². The molecule has 14 heteroatoms. The van der Waals surface area contributed by atoms with Gasteiger partial charge in [-0.3, -0.25) is 0 Å². The van der Waals surface area contributed by atoms with Gasteiger partial charge in [0.05, 0.1) is 36.5 Å². The van der Waals surface area contributed by atoms with Crippen LogP contribution >= 0.6 is 0 Å². The molecule has 0 N–H and O–H groups in total. The molecule has 0 heterocycles. The monoisotopic (exact) mass is 874 g/mol. The minimum Gasteiger partial charge on any atom is -0.494 e. The predicted molar refractivity (Wildman–Crippen MR) is 223 cm³/mol. The van der Waals surface area contributed by atoms with E-state index in [2.05, 4.69) is 0 Å². The van der Waals surface area contributed by atoms with Gasteiger partial charge >= 0.3 is 24.3 Å². The molecule has 0 aliphatic heterocycles. The van der Waals surface area contributed by atoms with Crippen molar-refractivity contribution in [2.75, 3.05) is 26.4 Å². The molecule has 2 atom stereocenters. The second-order valence-corrected chi connectivity index (χ2v) is 15.2. The number of hydrogen-bond acceptors (Lipinski definition) is 8. The first-order valence-corrected chi connectivity index (χ1v) is 20.9. The van der Waals surface area contributed by atoms with Crippen molar-refractivity contribution in [3.8, 4) is 22.6 Å². The van der Waals surface area contributed by atoms with Crippen LogP contribution in [0.3, 0.4) is 0 Å². The number of aryl methyl sites for hydroxylation is 2. The average molecular weight is 875 g/mol. The minimum atomic E-state index is -4.75. The van der Waals surface area contributed by atoms with Gasteiger partial charge in [-0.15, -0.1) is 0 Å². The van der Waals surface area contributed by atoms with E-state index in [9.17, 15) is 35.9 Å². The zero-order valence-corrected chi connectivity index (χ0v) is 36.0. The van der Waals surface area contributed by atoms with Gasteiger partial charge in [0.15, 0.2) is 12.2 Å². The highest BCUT2D eigenvalue weighted by molar-refractivity contribution is 5.76. The van der Waals surface area contributed by atoms with Crippen LogP contribution in [0.5, 0.6) is 11.5 Å². The van der Waals surface area contributed by atoms with E-state index >= 15 is 0 Å². The van der Waals surface area contributed by atoms with Crippen molar-refractivity contribution in [2.45, 2.75) is 117 Å². The van der Waals surface area contributed by atoms with Crippen LogP contribution < -0.4 is 9.47 Å². The molecule has 0 bridgehead atoms. The number of hydrogen-bond donors (Lipinski definition) is 0. The molecule has 62 heavy (non-hydrogen) atoms. The molecule has 0 spiro atoms. The first kappa shape index (κ1) is 49.6. The summed E-state index contributed by atoms with van der Waals surface area (Å²) < 4.78 is 119. The lowest BCUT2D eigenvalue weighted by Crippen LogP contribution is -2.30. The number of carbonyl (C=O) groups is 2. The maximum Gasteiger partial charge on any atom is 0.416 e. The van der Waals surface area contributed by atoms with Gasteiger partial charge in [0.2, 0.25) is 0 Å². The molecule has 0 amide bonds. The third kappa shape index (κ3) is 15.7. The third-order valence-electron chi connectivity index (χ3n) is 9.54. The molecule has 0 fully saturated rings. The van der Waals surface area contributed by atoms with E-state index in [1.54, 1.807) is 90.1 Å². The molecule has 0 radical (unpaired) electrons. The van der Waals surface area contributed by atoms with Gasteiger partial charge in [0, 0.05) is 26.1 Å². The lowest BCUT2D eigenvalue weighted by atomic mass is 9.93. The Labute approximate surface area is 359 Å². The highest BCUT2D eigenvalue weighted by Crippen LogP contribution is 2.39. The van der Waals surface area contributed by atoms with Gasteiger partial charge < -0.3 is 28.4 Å². The summed E-state index contributed by atoms with van der Waals surface area (Å²) in [5.74, 6) is 0.0839. The molecule has 4 aromatic carbocycles. The Morgan fingerprint density at radius 2 is 0.887 bits per heavy atom. The number of alkyl halides is 6.